The number of carbonyl (C=O) groups is 1. The number of hydrogen-bond acceptors (Lipinski definition) is 5. The number of nitrogens with two attached hydrogens (primary N) is 1. The quantitative estimate of drug-likeness (QED) is 0.467. The van der Waals surface area contributed by atoms with Gasteiger partial charge in [0, 0.05) is 28.9 Å². The minimum Gasteiger partial charge on any atom is -0.493 e. The van der Waals surface area contributed by atoms with E-state index in [2.05, 4.69) is 20.3 Å². The first-order valence-corrected chi connectivity index (χ1v) is 11.9. The molecule has 0 unspecified atom stereocenters. The second-order valence-corrected chi connectivity index (χ2v) is 9.47. The number of nitrogens with zero attached hydrogens (tertiary/aromatic N) is 2. The van der Waals surface area contributed by atoms with Crippen molar-refractivity contribution in [2.45, 2.75) is 64.0 Å². The molecule has 180 valence electrons. The maximum absolute atomic E-state index is 13.5. The third-order valence-corrected chi connectivity index (χ3v) is 6.79. The van der Waals surface area contributed by atoms with Gasteiger partial charge in [-0.3, -0.25) is 4.79 Å². The number of H-pyrrole nitrogens is 1. The number of rotatable bonds is 7. The third kappa shape index (κ3) is 4.61. The zero-order chi connectivity index (χ0) is 23.8. The molecule has 0 spiro atoms. The Labute approximate surface area is 196 Å². The van der Waals surface area contributed by atoms with Crippen molar-refractivity contribution in [2.24, 2.45) is 11.7 Å². The molecule has 0 saturated heterocycles. The highest BCUT2D eigenvalue weighted by Crippen LogP contribution is 2.38. The number of benzene rings is 1. The zero-order valence-corrected chi connectivity index (χ0v) is 19.1. The minimum absolute atomic E-state index is 0.0723. The van der Waals surface area contributed by atoms with Crippen LogP contribution in [0.3, 0.4) is 0 Å². The van der Waals surface area contributed by atoms with Crippen LogP contribution < -0.4 is 15.8 Å². The molecule has 4 N–H and O–H groups in total. The summed E-state index contributed by atoms with van der Waals surface area (Å²) in [7, 11) is 0. The summed E-state index contributed by atoms with van der Waals surface area (Å²) >= 11 is 0. The summed E-state index contributed by atoms with van der Waals surface area (Å²) in [6, 6.07) is 4.63. The lowest BCUT2D eigenvalue weighted by atomic mass is 9.91. The standard InChI is InChI=1S/C25H29F2N5O2/c1-13-20(25(33)32-17-7-5-16(28)6-8-17)22-23(31-13)21(29-12-30-22)18-10-15(24(26)27)4-9-19(18)34-11-14-2-3-14/h4,9-10,12,14,16-17,24,31H,2-3,5-8,11,28H2,1H3,(H,32,33). The fourth-order valence-electron chi connectivity index (χ4n) is 4.61. The molecule has 2 fully saturated rings. The van der Waals surface area contributed by atoms with E-state index < -0.39 is 6.43 Å². The Morgan fingerprint density at radius 3 is 2.68 bits per heavy atom. The van der Waals surface area contributed by atoms with E-state index in [4.69, 9.17) is 10.5 Å². The molecule has 1 aromatic carbocycles. The van der Waals surface area contributed by atoms with Crippen molar-refractivity contribution < 1.29 is 18.3 Å². The van der Waals surface area contributed by atoms with Crippen LogP contribution in [0.4, 0.5) is 8.78 Å². The van der Waals surface area contributed by atoms with Crippen LogP contribution >= 0.6 is 0 Å². The molecule has 0 radical (unpaired) electrons. The Bertz CT molecular complexity index is 1200. The van der Waals surface area contributed by atoms with Gasteiger partial charge in [-0.15, -0.1) is 0 Å². The molecule has 3 aromatic rings. The van der Waals surface area contributed by atoms with Gasteiger partial charge < -0.3 is 20.8 Å². The number of nitrogens with one attached hydrogen (secondary N) is 2. The fourth-order valence-corrected chi connectivity index (χ4v) is 4.61. The number of hydrogen-bond donors (Lipinski definition) is 3. The summed E-state index contributed by atoms with van der Waals surface area (Å²) in [6.45, 7) is 2.34. The molecule has 7 nitrogen and oxygen atoms in total. The summed E-state index contributed by atoms with van der Waals surface area (Å²) in [5, 5.41) is 3.11. The number of amides is 1. The van der Waals surface area contributed by atoms with Crippen LogP contribution in [0.5, 0.6) is 5.75 Å². The van der Waals surface area contributed by atoms with Gasteiger partial charge in [0.15, 0.2) is 0 Å². The molecule has 2 aromatic heterocycles. The summed E-state index contributed by atoms with van der Waals surface area (Å²) < 4.78 is 33.0. The zero-order valence-electron chi connectivity index (χ0n) is 19.1. The minimum atomic E-state index is -2.62. The Kier molecular flexibility index (Phi) is 6.20. The number of halogens is 2. The van der Waals surface area contributed by atoms with Crippen molar-refractivity contribution in [3.63, 3.8) is 0 Å². The van der Waals surface area contributed by atoms with Gasteiger partial charge in [-0.2, -0.15) is 0 Å². The lowest BCUT2D eigenvalue weighted by molar-refractivity contribution is 0.0926. The monoisotopic (exact) mass is 469 g/mol. The second-order valence-electron chi connectivity index (χ2n) is 9.47. The van der Waals surface area contributed by atoms with Crippen LogP contribution in [0.1, 0.15) is 66.6 Å². The summed E-state index contributed by atoms with van der Waals surface area (Å²) in [6.07, 6.45) is 4.42. The molecule has 1 amide bonds. The molecule has 0 bridgehead atoms. The van der Waals surface area contributed by atoms with E-state index in [1.165, 1.54) is 18.5 Å². The van der Waals surface area contributed by atoms with Crippen molar-refractivity contribution >= 4 is 16.9 Å². The molecule has 34 heavy (non-hydrogen) atoms. The largest absolute Gasteiger partial charge is 0.493 e. The second kappa shape index (κ2) is 9.29. The fraction of sp³-hybridized carbons (Fsp3) is 0.480. The van der Waals surface area contributed by atoms with Gasteiger partial charge in [0.1, 0.15) is 23.3 Å². The van der Waals surface area contributed by atoms with Crippen molar-refractivity contribution in [1.82, 2.24) is 20.3 Å². The average Bonchev–Trinajstić information content (AvgIpc) is 3.58. The number of aromatic nitrogens is 3. The van der Waals surface area contributed by atoms with Crippen LogP contribution in [0.25, 0.3) is 22.3 Å². The Morgan fingerprint density at radius 2 is 1.97 bits per heavy atom. The highest BCUT2D eigenvalue weighted by Gasteiger charge is 2.27. The van der Waals surface area contributed by atoms with Crippen LogP contribution in [0.15, 0.2) is 24.5 Å². The van der Waals surface area contributed by atoms with Gasteiger partial charge >= 0.3 is 0 Å². The number of alkyl halides is 2. The van der Waals surface area contributed by atoms with Crippen LogP contribution in [0.2, 0.25) is 0 Å². The van der Waals surface area contributed by atoms with Crippen molar-refractivity contribution in [1.29, 1.82) is 0 Å². The van der Waals surface area contributed by atoms with E-state index in [0.717, 1.165) is 38.5 Å². The van der Waals surface area contributed by atoms with E-state index in [1.54, 1.807) is 13.0 Å². The summed E-state index contributed by atoms with van der Waals surface area (Å²) in [5.41, 5.74) is 8.84. The van der Waals surface area contributed by atoms with Crippen LogP contribution in [0, 0.1) is 12.8 Å². The normalized spacial score (nSPS) is 20.6. The Morgan fingerprint density at radius 1 is 1.21 bits per heavy atom. The molecule has 2 heterocycles. The SMILES string of the molecule is Cc1[nH]c2c(-c3cc(C(F)F)ccc3OCC3CC3)ncnc2c1C(=O)NC1CCC(N)CC1. The van der Waals surface area contributed by atoms with Gasteiger partial charge in [0.2, 0.25) is 0 Å². The molecule has 2 saturated carbocycles. The van der Waals surface area contributed by atoms with Crippen LogP contribution in [-0.4, -0.2) is 39.5 Å². The predicted molar refractivity (Wildman–Crippen MR) is 125 cm³/mol. The number of aryl methyl sites for hydroxylation is 1. The summed E-state index contributed by atoms with van der Waals surface area (Å²) in [5.74, 6) is 0.791. The number of fused-ring (bicyclic) bond motifs is 1. The lowest BCUT2D eigenvalue weighted by Crippen LogP contribution is -2.40. The molecule has 2 aliphatic carbocycles. The number of aromatic amines is 1. The lowest BCUT2D eigenvalue weighted by Gasteiger charge is -2.26. The van der Waals surface area contributed by atoms with Crippen molar-refractivity contribution in [3.05, 3.63) is 41.3 Å². The van der Waals surface area contributed by atoms with Gasteiger partial charge in [0.25, 0.3) is 12.3 Å². The maximum Gasteiger partial charge on any atom is 0.263 e. The molecular weight excluding hydrogens is 440 g/mol. The highest BCUT2D eigenvalue weighted by atomic mass is 19.3. The first-order valence-electron chi connectivity index (χ1n) is 11.9. The topological polar surface area (TPSA) is 106 Å². The average molecular weight is 470 g/mol. The summed E-state index contributed by atoms with van der Waals surface area (Å²) in [4.78, 5) is 25.2. The van der Waals surface area contributed by atoms with Gasteiger partial charge in [0.05, 0.1) is 17.7 Å². The van der Waals surface area contributed by atoms with E-state index >= 15 is 0 Å². The molecular formula is C25H29F2N5O2. The highest BCUT2D eigenvalue weighted by molar-refractivity contribution is 6.09. The Hall–Kier alpha value is -3.07. The predicted octanol–water partition coefficient (Wildman–Crippen LogP) is 4.66. The first-order chi connectivity index (χ1) is 16.4. The van der Waals surface area contributed by atoms with Crippen molar-refractivity contribution in [3.8, 4) is 17.0 Å². The third-order valence-electron chi connectivity index (χ3n) is 6.79. The van der Waals surface area contributed by atoms with Crippen molar-refractivity contribution in [2.75, 3.05) is 6.61 Å². The molecule has 2 aliphatic rings. The molecule has 0 atom stereocenters. The number of ether oxygens (including phenoxy) is 1. The van der Waals surface area contributed by atoms with E-state index in [9.17, 15) is 13.6 Å². The molecule has 9 heteroatoms. The van der Waals surface area contributed by atoms with Gasteiger partial charge in [-0.05, 0) is 69.6 Å². The maximum atomic E-state index is 13.5. The van der Waals surface area contributed by atoms with Gasteiger partial charge in [-0.25, -0.2) is 18.7 Å². The van der Waals surface area contributed by atoms with E-state index in [1.807, 2.05) is 0 Å². The molecule has 0 aliphatic heterocycles. The van der Waals surface area contributed by atoms with Gasteiger partial charge in [-0.1, -0.05) is 0 Å². The molecule has 5 rings (SSSR count). The van der Waals surface area contributed by atoms with E-state index in [-0.39, 0.29) is 23.6 Å². The smallest absolute Gasteiger partial charge is 0.263 e. The Balaban J connectivity index is 1.51. The first kappa shape index (κ1) is 22.7. The van der Waals surface area contributed by atoms with E-state index in [0.29, 0.717) is 51.8 Å². The number of carbonyl (C=O) groups excluding carboxylic acids is 1. The van der Waals surface area contributed by atoms with Crippen LogP contribution in [-0.2, 0) is 0 Å².